The van der Waals surface area contributed by atoms with E-state index in [4.69, 9.17) is 18.0 Å². The molecule has 0 unspecified atom stereocenters. The van der Waals surface area contributed by atoms with E-state index in [1.54, 1.807) is 12.2 Å². The maximum absolute atomic E-state index is 5.42. The Balaban J connectivity index is 4.26. The molecule has 0 fully saturated rings. The van der Waals surface area contributed by atoms with Crippen LogP contribution in [0.2, 0.25) is 0 Å². The van der Waals surface area contributed by atoms with Gasteiger partial charge in [-0.2, -0.15) is 0 Å². The molecule has 0 aromatic heterocycles. The van der Waals surface area contributed by atoms with Crippen LogP contribution in [0.5, 0.6) is 0 Å². The summed E-state index contributed by atoms with van der Waals surface area (Å²) < 4.78 is 0. The molecule has 0 saturated heterocycles. The lowest BCUT2D eigenvalue weighted by Crippen LogP contribution is -2.30. The van der Waals surface area contributed by atoms with Crippen LogP contribution < -0.4 is 5.73 Å². The number of hydrogen-bond donors (Lipinski definition) is 1. The lowest BCUT2D eigenvalue weighted by molar-refractivity contribution is 0.445. The van der Waals surface area contributed by atoms with Gasteiger partial charge in [0.05, 0.1) is 5.70 Å². The van der Waals surface area contributed by atoms with E-state index in [0.29, 0.717) is 23.8 Å². The molecule has 0 rings (SSSR count). The summed E-state index contributed by atoms with van der Waals surface area (Å²) in [6.45, 7) is 12.4. The van der Waals surface area contributed by atoms with Crippen molar-refractivity contribution in [1.29, 1.82) is 0 Å². The van der Waals surface area contributed by atoms with Crippen LogP contribution in [0.4, 0.5) is 0 Å². The van der Waals surface area contributed by atoms with Gasteiger partial charge in [-0.3, -0.25) is 0 Å². The molecule has 0 radical (unpaired) electrons. The smallest absolute Gasteiger partial charge is 0.119 e. The average molecular weight is 182 g/mol. The highest BCUT2D eigenvalue weighted by Crippen LogP contribution is 2.01. The van der Waals surface area contributed by atoms with Gasteiger partial charge in [-0.1, -0.05) is 30.9 Å². The molecule has 0 aliphatic heterocycles. The summed E-state index contributed by atoms with van der Waals surface area (Å²) in [7, 11) is 0. The van der Waals surface area contributed by atoms with Crippen molar-refractivity contribution >= 4 is 17.2 Å². The van der Waals surface area contributed by atoms with Gasteiger partial charge in [0, 0.05) is 13.1 Å². The third kappa shape index (κ3) is 3.34. The molecule has 0 atom stereocenters. The van der Waals surface area contributed by atoms with Gasteiger partial charge in [0.1, 0.15) is 4.99 Å². The highest BCUT2D eigenvalue weighted by molar-refractivity contribution is 7.80. The predicted octanol–water partition coefficient (Wildman–Crippen LogP) is 1.46. The van der Waals surface area contributed by atoms with Gasteiger partial charge in [0.25, 0.3) is 0 Å². The Hall–Kier alpha value is -1.09. The second-order valence-corrected chi connectivity index (χ2v) is 2.73. The van der Waals surface area contributed by atoms with E-state index >= 15 is 0 Å². The standard InChI is InChI=1S/C9H14N2S/c1-4-6-11(7-5-2)8(3)9(10)12/h4-5H,1-3,6-7H2,(H2,10,12). The van der Waals surface area contributed by atoms with Crippen LogP contribution in [0, 0.1) is 0 Å². The number of nitrogens with two attached hydrogens (primary N) is 1. The molecular formula is C9H14N2S. The molecule has 0 aliphatic rings. The van der Waals surface area contributed by atoms with E-state index in [9.17, 15) is 0 Å². The SMILES string of the molecule is C=CCN(CC=C)C(=C)C(N)=S. The van der Waals surface area contributed by atoms with Gasteiger partial charge in [-0.25, -0.2) is 0 Å². The maximum atomic E-state index is 5.42. The fourth-order valence-corrected chi connectivity index (χ4v) is 0.892. The van der Waals surface area contributed by atoms with Crippen molar-refractivity contribution in [2.75, 3.05) is 13.1 Å². The van der Waals surface area contributed by atoms with Crippen molar-refractivity contribution in [2.45, 2.75) is 0 Å². The predicted molar refractivity (Wildman–Crippen MR) is 57.9 cm³/mol. The molecule has 0 spiro atoms. The first-order valence-electron chi connectivity index (χ1n) is 3.59. The Bertz CT molecular complexity index is 199. The van der Waals surface area contributed by atoms with Crippen LogP contribution >= 0.6 is 12.2 Å². The number of nitrogens with zero attached hydrogens (tertiary/aromatic N) is 1. The zero-order valence-corrected chi connectivity index (χ0v) is 7.94. The quantitative estimate of drug-likeness (QED) is 0.383. The fraction of sp³-hybridized carbons (Fsp3) is 0.222. The monoisotopic (exact) mass is 182 g/mol. The molecule has 0 bridgehead atoms. The van der Waals surface area contributed by atoms with Crippen LogP contribution in [0.25, 0.3) is 0 Å². The van der Waals surface area contributed by atoms with E-state index in [0.717, 1.165) is 0 Å². The third-order valence-electron chi connectivity index (χ3n) is 1.37. The topological polar surface area (TPSA) is 29.3 Å². The summed E-state index contributed by atoms with van der Waals surface area (Å²) in [5, 5.41) is 0. The third-order valence-corrected chi connectivity index (χ3v) is 1.60. The van der Waals surface area contributed by atoms with Gasteiger partial charge >= 0.3 is 0 Å². The first-order valence-corrected chi connectivity index (χ1v) is 3.99. The summed E-state index contributed by atoms with van der Waals surface area (Å²) in [5.41, 5.74) is 6.08. The molecule has 0 amide bonds. The number of rotatable bonds is 6. The first-order chi connectivity index (χ1) is 5.63. The summed E-state index contributed by atoms with van der Waals surface area (Å²) in [6.07, 6.45) is 3.54. The normalized spacial score (nSPS) is 8.67. The molecular weight excluding hydrogens is 168 g/mol. The minimum Gasteiger partial charge on any atom is -0.388 e. The minimum atomic E-state index is 0.318. The summed E-state index contributed by atoms with van der Waals surface area (Å²) in [6, 6.07) is 0. The zero-order valence-electron chi connectivity index (χ0n) is 7.12. The number of thiocarbonyl (C=S) groups is 1. The van der Waals surface area contributed by atoms with E-state index in [-0.39, 0.29) is 0 Å². The van der Waals surface area contributed by atoms with Crippen LogP contribution in [-0.2, 0) is 0 Å². The van der Waals surface area contributed by atoms with Crippen LogP contribution in [0.3, 0.4) is 0 Å². The van der Waals surface area contributed by atoms with Crippen molar-refractivity contribution in [3.63, 3.8) is 0 Å². The molecule has 66 valence electrons. The largest absolute Gasteiger partial charge is 0.388 e. The molecule has 0 aromatic rings. The van der Waals surface area contributed by atoms with Gasteiger partial charge < -0.3 is 10.6 Å². The Morgan fingerprint density at radius 2 is 1.75 bits per heavy atom. The zero-order chi connectivity index (χ0) is 9.56. The van der Waals surface area contributed by atoms with Gasteiger partial charge in [0.15, 0.2) is 0 Å². The van der Waals surface area contributed by atoms with Crippen LogP contribution in [-0.4, -0.2) is 23.0 Å². The minimum absolute atomic E-state index is 0.318. The Labute approximate surface area is 79.0 Å². The van der Waals surface area contributed by atoms with Crippen LogP contribution in [0.1, 0.15) is 0 Å². The van der Waals surface area contributed by atoms with Gasteiger partial charge in [-0.15, -0.1) is 13.2 Å². The summed E-state index contributed by atoms with van der Waals surface area (Å²) in [4.78, 5) is 2.22. The highest BCUT2D eigenvalue weighted by Gasteiger charge is 2.05. The van der Waals surface area contributed by atoms with Crippen molar-refractivity contribution in [2.24, 2.45) is 5.73 Å². The molecule has 0 aromatic carbocycles. The highest BCUT2D eigenvalue weighted by atomic mass is 32.1. The molecule has 0 heterocycles. The Kier molecular flexibility index (Phi) is 5.04. The van der Waals surface area contributed by atoms with Gasteiger partial charge in [0.2, 0.25) is 0 Å². The molecule has 12 heavy (non-hydrogen) atoms. The second kappa shape index (κ2) is 5.55. The van der Waals surface area contributed by atoms with Crippen molar-refractivity contribution < 1.29 is 0 Å². The Morgan fingerprint density at radius 3 is 2.00 bits per heavy atom. The molecule has 2 nitrogen and oxygen atoms in total. The van der Waals surface area contributed by atoms with E-state index in [1.807, 2.05) is 4.90 Å². The lowest BCUT2D eigenvalue weighted by Gasteiger charge is -2.22. The van der Waals surface area contributed by atoms with Crippen molar-refractivity contribution in [3.05, 3.63) is 37.6 Å². The molecule has 0 saturated carbocycles. The number of hydrogen-bond acceptors (Lipinski definition) is 2. The molecule has 0 aliphatic carbocycles. The molecule has 2 N–H and O–H groups in total. The van der Waals surface area contributed by atoms with Crippen molar-refractivity contribution in [3.8, 4) is 0 Å². The molecule has 3 heteroatoms. The van der Waals surface area contributed by atoms with E-state index in [1.165, 1.54) is 0 Å². The average Bonchev–Trinajstić information content (AvgIpc) is 2.03. The summed E-state index contributed by atoms with van der Waals surface area (Å²) >= 11 is 4.79. The van der Waals surface area contributed by atoms with E-state index < -0.39 is 0 Å². The first kappa shape index (κ1) is 10.9. The lowest BCUT2D eigenvalue weighted by atomic mass is 10.3. The van der Waals surface area contributed by atoms with Crippen LogP contribution in [0.15, 0.2) is 37.6 Å². The van der Waals surface area contributed by atoms with Gasteiger partial charge in [-0.05, 0) is 0 Å². The maximum Gasteiger partial charge on any atom is 0.119 e. The fourth-order valence-electron chi connectivity index (χ4n) is 0.762. The summed E-state index contributed by atoms with van der Waals surface area (Å²) in [5.74, 6) is 0. The van der Waals surface area contributed by atoms with Crippen molar-refractivity contribution in [1.82, 2.24) is 4.90 Å². The Morgan fingerprint density at radius 1 is 1.33 bits per heavy atom. The second-order valence-electron chi connectivity index (χ2n) is 2.29. The van der Waals surface area contributed by atoms with E-state index in [2.05, 4.69) is 19.7 Å².